The minimum absolute atomic E-state index is 0.0609. The molecule has 1 aromatic carbocycles. The van der Waals surface area contributed by atoms with Gasteiger partial charge in [-0.15, -0.1) is 0 Å². The van der Waals surface area contributed by atoms with Gasteiger partial charge in [-0.2, -0.15) is 13.2 Å². The number of rotatable bonds is 8. The van der Waals surface area contributed by atoms with E-state index in [2.05, 4.69) is 15.0 Å². The highest BCUT2D eigenvalue weighted by Gasteiger charge is 2.63. The lowest BCUT2D eigenvalue weighted by molar-refractivity contribution is -0.222. The molecule has 1 aromatic heterocycles. The zero-order valence-corrected chi connectivity index (χ0v) is 33.4. The number of fused-ring (bicyclic) bond motifs is 3. The van der Waals surface area contributed by atoms with Gasteiger partial charge in [0.1, 0.15) is 35.0 Å². The van der Waals surface area contributed by atoms with Crippen LogP contribution in [0.3, 0.4) is 0 Å². The molecule has 3 fully saturated rings. The quantitative estimate of drug-likeness (QED) is 0.301. The summed E-state index contributed by atoms with van der Waals surface area (Å²) in [6.07, 6.45) is -0.578. The van der Waals surface area contributed by atoms with E-state index in [1.165, 1.54) is 20.2 Å². The monoisotopic (exact) mass is 821 g/mol. The van der Waals surface area contributed by atoms with E-state index >= 15 is 0 Å². The molecule has 4 aliphatic rings. The Hall–Kier alpha value is -4.61. The van der Waals surface area contributed by atoms with E-state index in [4.69, 9.17) is 9.47 Å². The SMILES string of the molecule is COc1cnc(O[C@@H]2C[C@H]3C(=O)N[C@]4(C(=O)NS(=O)(=O)C5CCC5)C[C@H]4C=CCC[C@H](C)C[C@@H](C)[C@H](N(C(=O)O)C(C)(C)C(F)(F)F)C(=O)N3C2)c2ccccc12. The lowest BCUT2D eigenvalue weighted by Crippen LogP contribution is -2.66. The number of benzene rings is 1. The molecule has 2 aliphatic heterocycles. The van der Waals surface area contributed by atoms with E-state index in [-0.39, 0.29) is 42.5 Å². The number of carbonyl (C=O) groups is 4. The van der Waals surface area contributed by atoms with Crippen LogP contribution in [0, 0.1) is 17.8 Å². The van der Waals surface area contributed by atoms with Crippen molar-refractivity contribution in [3.8, 4) is 11.6 Å². The Balaban J connectivity index is 1.42. The first kappa shape index (κ1) is 42.0. The number of pyridine rings is 1. The normalized spacial score (nSPS) is 28.9. The Labute approximate surface area is 329 Å². The van der Waals surface area contributed by atoms with Gasteiger partial charge in [0.25, 0.3) is 5.91 Å². The van der Waals surface area contributed by atoms with Gasteiger partial charge in [-0.1, -0.05) is 50.6 Å². The van der Waals surface area contributed by atoms with Gasteiger partial charge in [0.15, 0.2) is 0 Å². The molecular formula is C39H50F3N5O9S. The van der Waals surface area contributed by atoms with Gasteiger partial charge >= 0.3 is 12.3 Å². The number of alkyl halides is 3. The van der Waals surface area contributed by atoms with Crippen molar-refractivity contribution in [2.24, 2.45) is 17.8 Å². The van der Waals surface area contributed by atoms with Crippen LogP contribution in [-0.4, -0.2) is 106 Å². The Kier molecular flexibility index (Phi) is 11.5. The molecule has 0 radical (unpaired) electrons. The topological polar surface area (TPSA) is 185 Å². The number of halogens is 3. The summed E-state index contributed by atoms with van der Waals surface area (Å²) >= 11 is 0. The fraction of sp³-hybridized carbons (Fsp3) is 0.615. The van der Waals surface area contributed by atoms with E-state index in [0.29, 0.717) is 62.5 Å². The second-order valence-electron chi connectivity index (χ2n) is 16.4. The Morgan fingerprint density at radius 1 is 1.09 bits per heavy atom. The molecule has 2 aromatic rings. The van der Waals surface area contributed by atoms with E-state index in [1.54, 1.807) is 30.3 Å². The number of carbonyl (C=O) groups excluding carboxylic acids is 3. The van der Waals surface area contributed by atoms with Gasteiger partial charge in [0.2, 0.25) is 27.7 Å². The predicted molar refractivity (Wildman–Crippen MR) is 202 cm³/mol. The first-order valence-corrected chi connectivity index (χ1v) is 20.8. The van der Waals surface area contributed by atoms with Crippen molar-refractivity contribution < 1.29 is 55.3 Å². The highest BCUT2D eigenvalue weighted by atomic mass is 32.2. The standard InChI is InChI=1S/C39H50F3N5O9S/c1-22-11-6-7-12-24-19-38(24,35(50)45-57(53,54)26-13-10-14-26)44-32(48)29-18-25(56-33-28-16-9-8-15-27(28)30(55-5)20-43-33)21-46(29)34(49)31(23(2)17-22)47(36(51)52)37(3,4)39(40,41)42/h7-9,12,15-16,20,22-26,29,31H,6,10-11,13-14,17-19,21H2,1-5H3,(H,44,48)(H,45,50)(H,51,52)/t22-,23+,24+,25+,29-,31-,38+/m0/s1. The van der Waals surface area contributed by atoms with Crippen LogP contribution in [0.5, 0.6) is 11.6 Å². The zero-order chi connectivity index (χ0) is 41.7. The molecule has 3 N–H and O–H groups in total. The van der Waals surface area contributed by atoms with Crippen LogP contribution in [0.25, 0.3) is 10.8 Å². The molecule has 14 nitrogen and oxygen atoms in total. The molecule has 6 rings (SSSR count). The molecule has 4 amide bonds. The second-order valence-corrected chi connectivity index (χ2v) is 18.4. The average Bonchev–Trinajstić information content (AvgIpc) is 3.63. The molecule has 3 heterocycles. The van der Waals surface area contributed by atoms with Crippen LogP contribution in [0.1, 0.15) is 79.1 Å². The maximum Gasteiger partial charge on any atom is 0.411 e. The highest BCUT2D eigenvalue weighted by molar-refractivity contribution is 7.90. The van der Waals surface area contributed by atoms with Crippen molar-refractivity contribution in [3.63, 3.8) is 0 Å². The summed E-state index contributed by atoms with van der Waals surface area (Å²) in [5.41, 5.74) is -4.73. The van der Waals surface area contributed by atoms with Crippen LogP contribution in [0.2, 0.25) is 0 Å². The fourth-order valence-electron chi connectivity index (χ4n) is 8.34. The average molecular weight is 822 g/mol. The van der Waals surface area contributed by atoms with Crippen molar-refractivity contribution in [3.05, 3.63) is 42.6 Å². The van der Waals surface area contributed by atoms with Crippen LogP contribution >= 0.6 is 0 Å². The maximum absolute atomic E-state index is 15.0. The lowest BCUT2D eigenvalue weighted by Gasteiger charge is -2.45. The summed E-state index contributed by atoms with van der Waals surface area (Å²) in [7, 11) is -2.58. The number of hydrogen-bond acceptors (Lipinski definition) is 9. The number of carboxylic acid groups (broad SMARTS) is 1. The smallest absolute Gasteiger partial charge is 0.411 e. The molecule has 57 heavy (non-hydrogen) atoms. The van der Waals surface area contributed by atoms with Crippen molar-refractivity contribution in [1.29, 1.82) is 0 Å². The largest absolute Gasteiger partial charge is 0.494 e. The minimum atomic E-state index is -5.09. The third kappa shape index (κ3) is 8.10. The second kappa shape index (κ2) is 15.6. The van der Waals surface area contributed by atoms with Crippen molar-refractivity contribution in [2.45, 2.75) is 120 Å². The van der Waals surface area contributed by atoms with E-state index in [1.807, 2.05) is 13.0 Å². The number of nitrogens with zero attached hydrogens (tertiary/aromatic N) is 3. The maximum atomic E-state index is 15.0. The molecule has 7 atom stereocenters. The molecule has 2 saturated carbocycles. The molecule has 2 aliphatic carbocycles. The van der Waals surface area contributed by atoms with Crippen LogP contribution in [0.4, 0.5) is 18.0 Å². The summed E-state index contributed by atoms with van der Waals surface area (Å²) < 4.78 is 84.1. The lowest BCUT2D eigenvalue weighted by atomic mass is 9.85. The van der Waals surface area contributed by atoms with Crippen LogP contribution in [0.15, 0.2) is 42.6 Å². The van der Waals surface area contributed by atoms with Gasteiger partial charge < -0.3 is 24.8 Å². The fourth-order valence-corrected chi connectivity index (χ4v) is 9.90. The number of aromatic nitrogens is 1. The minimum Gasteiger partial charge on any atom is -0.494 e. The third-order valence-corrected chi connectivity index (χ3v) is 13.9. The van der Waals surface area contributed by atoms with Crippen molar-refractivity contribution in [1.82, 2.24) is 24.8 Å². The number of hydrogen-bond donors (Lipinski definition) is 3. The van der Waals surface area contributed by atoms with Crippen LogP contribution in [-0.2, 0) is 24.4 Å². The number of ether oxygens (including phenoxy) is 2. The van der Waals surface area contributed by atoms with Crippen molar-refractivity contribution in [2.75, 3.05) is 13.7 Å². The molecule has 312 valence electrons. The molecule has 18 heteroatoms. The summed E-state index contributed by atoms with van der Waals surface area (Å²) in [5.74, 6) is -3.99. The predicted octanol–water partition coefficient (Wildman–Crippen LogP) is 5.17. The van der Waals surface area contributed by atoms with Crippen molar-refractivity contribution >= 4 is 44.6 Å². The summed E-state index contributed by atoms with van der Waals surface area (Å²) in [6.45, 7) is 4.41. The van der Waals surface area contributed by atoms with E-state index in [9.17, 15) is 45.9 Å². The Morgan fingerprint density at radius 3 is 2.39 bits per heavy atom. The first-order chi connectivity index (χ1) is 26.7. The summed E-state index contributed by atoms with van der Waals surface area (Å²) in [6, 6.07) is 3.69. The molecular weight excluding hydrogens is 772 g/mol. The molecule has 0 spiro atoms. The van der Waals surface area contributed by atoms with Gasteiger partial charge in [-0.25, -0.2) is 18.2 Å². The summed E-state index contributed by atoms with van der Waals surface area (Å²) in [5, 5.41) is 13.6. The Morgan fingerprint density at radius 2 is 1.77 bits per heavy atom. The number of nitrogens with one attached hydrogen (secondary N) is 2. The van der Waals surface area contributed by atoms with Gasteiger partial charge in [-0.05, 0) is 70.3 Å². The van der Waals surface area contributed by atoms with E-state index < -0.39 is 86.4 Å². The number of methoxy groups -OCH3 is 1. The van der Waals surface area contributed by atoms with E-state index in [0.717, 1.165) is 4.90 Å². The van der Waals surface area contributed by atoms with Crippen LogP contribution < -0.4 is 19.5 Å². The third-order valence-electron chi connectivity index (χ3n) is 12.1. The molecule has 0 bridgehead atoms. The number of allylic oxidation sites excluding steroid dienone is 1. The zero-order valence-electron chi connectivity index (χ0n) is 32.5. The van der Waals surface area contributed by atoms with Gasteiger partial charge in [0, 0.05) is 23.1 Å². The first-order valence-electron chi connectivity index (χ1n) is 19.2. The number of sulfonamides is 1. The van der Waals surface area contributed by atoms with Gasteiger partial charge in [-0.3, -0.25) is 24.0 Å². The Bertz CT molecular complexity index is 2040. The highest BCUT2D eigenvalue weighted by Crippen LogP contribution is 2.47. The van der Waals surface area contributed by atoms with Gasteiger partial charge in [0.05, 0.1) is 25.1 Å². The molecule has 1 saturated heterocycles. The number of amides is 4. The summed E-state index contributed by atoms with van der Waals surface area (Å²) in [4.78, 5) is 61.8. The molecule has 0 unspecified atom stereocenters.